The molecule has 0 saturated carbocycles. The van der Waals surface area contributed by atoms with Crippen molar-refractivity contribution in [1.29, 1.82) is 0 Å². The van der Waals surface area contributed by atoms with Gasteiger partial charge in [-0.1, -0.05) is 36.4 Å². The molecule has 9 rings (SSSR count). The number of benzene rings is 5. The fourth-order valence-corrected chi connectivity index (χ4v) is 7.92. The second-order valence-electron chi connectivity index (χ2n) is 14.0. The Morgan fingerprint density at radius 1 is 0.660 bits per heavy atom. The molecule has 0 amide bonds. The van der Waals surface area contributed by atoms with Gasteiger partial charge in [-0.15, -0.1) is 0 Å². The van der Waals surface area contributed by atoms with Crippen molar-refractivity contribution < 1.29 is 33.2 Å². The van der Waals surface area contributed by atoms with Gasteiger partial charge in [0.05, 0.1) is 26.9 Å². The summed E-state index contributed by atoms with van der Waals surface area (Å²) in [5.41, 5.74) is 7.25. The Morgan fingerprint density at radius 3 is 2.06 bits per heavy atom. The van der Waals surface area contributed by atoms with E-state index in [0.717, 1.165) is 49.0 Å². The summed E-state index contributed by atoms with van der Waals surface area (Å²) in [7, 11) is 9.31. The summed E-state index contributed by atoms with van der Waals surface area (Å²) in [5.74, 6) is 4.06. The number of nitrogens with zero attached hydrogens (tertiary/aromatic N) is 2. The van der Waals surface area contributed by atoms with Gasteiger partial charge in [0.15, 0.2) is 34.5 Å². The van der Waals surface area contributed by atoms with E-state index in [1.54, 1.807) is 33.5 Å². The van der Waals surface area contributed by atoms with Crippen LogP contribution in [0.25, 0.3) is 0 Å². The Balaban J connectivity index is 1.31. The summed E-state index contributed by atoms with van der Waals surface area (Å²) in [4.78, 5) is 18.0. The summed E-state index contributed by atoms with van der Waals surface area (Å²) >= 11 is 0. The lowest BCUT2D eigenvalue weighted by atomic mass is 9.87. The van der Waals surface area contributed by atoms with Gasteiger partial charge in [-0.3, -0.25) is 9.80 Å². The Morgan fingerprint density at radius 2 is 1.32 bits per heavy atom. The Labute approximate surface area is 310 Å². The first kappa shape index (κ1) is 34.6. The highest BCUT2D eigenvalue weighted by molar-refractivity contribution is 5.91. The topological polar surface area (TPSA) is 78.9 Å². The highest BCUT2D eigenvalue weighted by atomic mass is 16.6. The molecular formula is C44H44N2O7. The number of hydrogen-bond acceptors (Lipinski definition) is 9. The molecule has 0 N–H and O–H groups in total. The number of esters is 1. The van der Waals surface area contributed by atoms with Gasteiger partial charge in [-0.2, -0.15) is 0 Å². The molecule has 53 heavy (non-hydrogen) atoms. The molecule has 0 unspecified atom stereocenters. The van der Waals surface area contributed by atoms with Crippen molar-refractivity contribution in [3.63, 3.8) is 0 Å². The first-order valence-electron chi connectivity index (χ1n) is 18.1. The molecule has 0 aromatic heterocycles. The van der Waals surface area contributed by atoms with Gasteiger partial charge >= 0.3 is 5.97 Å². The van der Waals surface area contributed by atoms with E-state index in [-0.39, 0.29) is 12.1 Å². The van der Waals surface area contributed by atoms with Crippen LogP contribution in [-0.4, -0.2) is 64.3 Å². The highest BCUT2D eigenvalue weighted by Crippen LogP contribution is 2.52. The van der Waals surface area contributed by atoms with Crippen molar-refractivity contribution in [3.05, 3.63) is 130 Å². The van der Waals surface area contributed by atoms with Crippen molar-refractivity contribution in [2.75, 3.05) is 48.5 Å². The van der Waals surface area contributed by atoms with Gasteiger partial charge in [-0.05, 0) is 122 Å². The number of ether oxygens (including phenoxy) is 6. The lowest BCUT2D eigenvalue weighted by molar-refractivity contribution is 0.0730. The molecule has 4 aliphatic rings. The molecule has 9 heteroatoms. The van der Waals surface area contributed by atoms with E-state index >= 15 is 0 Å². The number of hydrogen-bond donors (Lipinski definition) is 0. The van der Waals surface area contributed by atoms with Crippen LogP contribution in [0.4, 0.5) is 0 Å². The van der Waals surface area contributed by atoms with Crippen LogP contribution in [0.3, 0.4) is 0 Å². The van der Waals surface area contributed by atoms with Crippen LogP contribution in [0.15, 0.2) is 91.0 Å². The zero-order chi connectivity index (χ0) is 36.6. The molecule has 6 bridgehead atoms. The molecule has 0 aliphatic carbocycles. The lowest BCUT2D eigenvalue weighted by Gasteiger charge is -2.37. The molecule has 4 heterocycles. The summed E-state index contributed by atoms with van der Waals surface area (Å²) < 4.78 is 37.5. The first-order chi connectivity index (χ1) is 25.8. The second-order valence-corrected chi connectivity index (χ2v) is 14.0. The van der Waals surface area contributed by atoms with Crippen LogP contribution < -0.4 is 28.4 Å². The number of carbonyl (C=O) groups is 1. The van der Waals surface area contributed by atoms with Crippen LogP contribution in [0, 0.1) is 0 Å². The van der Waals surface area contributed by atoms with Gasteiger partial charge in [0.1, 0.15) is 5.75 Å². The van der Waals surface area contributed by atoms with Crippen LogP contribution in [0.1, 0.15) is 55.8 Å². The molecule has 5 aromatic rings. The van der Waals surface area contributed by atoms with Crippen molar-refractivity contribution in [3.8, 4) is 46.0 Å². The van der Waals surface area contributed by atoms with Gasteiger partial charge < -0.3 is 28.4 Å². The minimum absolute atomic E-state index is 0.0974. The van der Waals surface area contributed by atoms with Crippen LogP contribution >= 0.6 is 0 Å². The Bertz CT molecular complexity index is 2150. The molecule has 0 radical (unpaired) electrons. The molecule has 0 spiro atoms. The van der Waals surface area contributed by atoms with Gasteiger partial charge in [0, 0.05) is 30.7 Å². The summed E-state index contributed by atoms with van der Waals surface area (Å²) in [6.07, 6.45) is 3.12. The summed E-state index contributed by atoms with van der Waals surface area (Å²) in [5, 5.41) is 0. The third-order valence-corrected chi connectivity index (χ3v) is 10.8. The summed E-state index contributed by atoms with van der Waals surface area (Å²) in [6, 6.07) is 29.3. The maximum Gasteiger partial charge on any atom is 0.343 e. The van der Waals surface area contributed by atoms with Crippen molar-refractivity contribution in [1.82, 2.24) is 9.80 Å². The molecule has 0 saturated heterocycles. The SMILES string of the molecule is COc1cc2c3cc1Oc1c(OC)c(OC)cc4c1[C@@H](Cc1ccc(OC(=O)c5ccccc5)c(c1)Oc1ccc(cc1)C[C@@H]3N(C)CC2)N(C)CC4. The highest BCUT2D eigenvalue weighted by Gasteiger charge is 2.35. The molecular weight excluding hydrogens is 668 g/mol. The van der Waals surface area contributed by atoms with E-state index in [1.165, 1.54) is 16.7 Å². The minimum Gasteiger partial charge on any atom is -0.493 e. The van der Waals surface area contributed by atoms with Crippen LogP contribution in [0.5, 0.6) is 46.0 Å². The average Bonchev–Trinajstić information content (AvgIpc) is 3.18. The maximum absolute atomic E-state index is 13.2. The van der Waals surface area contributed by atoms with Gasteiger partial charge in [-0.25, -0.2) is 4.79 Å². The van der Waals surface area contributed by atoms with Crippen molar-refractivity contribution in [2.24, 2.45) is 0 Å². The average molecular weight is 713 g/mol. The largest absolute Gasteiger partial charge is 0.493 e. The zero-order valence-corrected chi connectivity index (χ0v) is 30.8. The fourth-order valence-electron chi connectivity index (χ4n) is 7.92. The minimum atomic E-state index is -0.452. The van der Waals surface area contributed by atoms with Crippen LogP contribution in [0.2, 0.25) is 0 Å². The van der Waals surface area contributed by atoms with Gasteiger partial charge in [0.2, 0.25) is 5.75 Å². The van der Waals surface area contributed by atoms with Gasteiger partial charge in [0.25, 0.3) is 0 Å². The predicted octanol–water partition coefficient (Wildman–Crippen LogP) is 8.37. The quantitative estimate of drug-likeness (QED) is 0.132. The Hall–Kier alpha value is -5.51. The fraction of sp³-hybridized carbons (Fsp3) is 0.295. The number of rotatable bonds is 5. The summed E-state index contributed by atoms with van der Waals surface area (Å²) in [6.45, 7) is 1.76. The molecule has 5 aromatic carbocycles. The molecule has 2 atom stereocenters. The van der Waals surface area contributed by atoms with E-state index < -0.39 is 5.97 Å². The van der Waals surface area contributed by atoms with E-state index in [2.05, 4.69) is 54.2 Å². The lowest BCUT2D eigenvalue weighted by Crippen LogP contribution is -2.34. The number of likely N-dealkylation sites (N-methyl/N-ethyl adjacent to an activating group) is 2. The molecule has 4 aliphatic heterocycles. The predicted molar refractivity (Wildman–Crippen MR) is 203 cm³/mol. The second kappa shape index (κ2) is 14.5. The Kier molecular flexibility index (Phi) is 9.45. The first-order valence-corrected chi connectivity index (χ1v) is 18.1. The third-order valence-electron chi connectivity index (χ3n) is 10.8. The maximum atomic E-state index is 13.2. The number of methoxy groups -OCH3 is 3. The van der Waals surface area contributed by atoms with Crippen molar-refractivity contribution in [2.45, 2.75) is 37.8 Å². The van der Waals surface area contributed by atoms with E-state index in [0.29, 0.717) is 58.0 Å². The monoisotopic (exact) mass is 712 g/mol. The number of carbonyl (C=O) groups excluding carboxylic acids is 1. The zero-order valence-electron chi connectivity index (χ0n) is 30.8. The van der Waals surface area contributed by atoms with E-state index in [1.807, 2.05) is 48.5 Å². The molecule has 272 valence electrons. The molecule has 0 fully saturated rings. The molecule has 9 nitrogen and oxygen atoms in total. The van der Waals surface area contributed by atoms with Crippen LogP contribution in [-0.2, 0) is 25.7 Å². The van der Waals surface area contributed by atoms with E-state index in [9.17, 15) is 4.79 Å². The van der Waals surface area contributed by atoms with Crippen molar-refractivity contribution >= 4 is 5.97 Å². The normalized spacial score (nSPS) is 18.1. The standard InChI is InChI=1S/C44H44N2O7/c1-45-19-17-30-24-37(48-3)39-26-33(30)34(45)21-27-11-14-32(15-12-27)51-38-23-28(13-16-36(38)53-44(47)29-9-7-6-8-10-29)22-35-41-31(18-20-46(35)2)25-40(49-4)42(50-5)43(41)52-39/h6-16,23-26,34-35H,17-22H2,1-5H3/t34-,35+/m0/s1. The smallest absolute Gasteiger partial charge is 0.343 e. The van der Waals surface area contributed by atoms with E-state index in [4.69, 9.17) is 28.4 Å². The third kappa shape index (κ3) is 6.67. The number of fused-ring (bicyclic) bond motifs is 2.